The lowest BCUT2D eigenvalue weighted by Gasteiger charge is -2.09. The molecule has 0 saturated heterocycles. The highest BCUT2D eigenvalue weighted by Gasteiger charge is 2.09. The molecule has 1 aromatic carbocycles. The normalized spacial score (nSPS) is 9.95. The average molecular weight is 301 g/mol. The molecule has 0 aliphatic heterocycles. The van der Waals surface area contributed by atoms with E-state index in [0.717, 1.165) is 11.3 Å². The van der Waals surface area contributed by atoms with Gasteiger partial charge in [0.05, 0.1) is 7.11 Å². The van der Waals surface area contributed by atoms with Crippen LogP contribution in [0.2, 0.25) is 0 Å². The number of para-hydroxylation sites is 1. The number of benzene rings is 1. The number of methoxy groups -OCH3 is 1. The first kappa shape index (κ1) is 14.9. The van der Waals surface area contributed by atoms with E-state index in [4.69, 9.17) is 22.7 Å². The number of pyridine rings is 1. The maximum Gasteiger partial charge on any atom is 0.270 e. The summed E-state index contributed by atoms with van der Waals surface area (Å²) in [5, 5.41) is 2.79. The van der Waals surface area contributed by atoms with Crippen LogP contribution in [0.4, 0.5) is 0 Å². The summed E-state index contributed by atoms with van der Waals surface area (Å²) in [7, 11) is 1.59. The van der Waals surface area contributed by atoms with E-state index < -0.39 is 0 Å². The van der Waals surface area contributed by atoms with Crippen LogP contribution >= 0.6 is 12.2 Å². The summed E-state index contributed by atoms with van der Waals surface area (Å²) in [6.45, 7) is 0.363. The number of amides is 1. The molecular weight excluding hydrogens is 286 g/mol. The Morgan fingerprint density at radius 3 is 2.71 bits per heavy atom. The van der Waals surface area contributed by atoms with E-state index in [1.54, 1.807) is 19.2 Å². The van der Waals surface area contributed by atoms with Crippen molar-refractivity contribution in [1.82, 2.24) is 10.3 Å². The summed E-state index contributed by atoms with van der Waals surface area (Å²) >= 11 is 4.84. The maximum absolute atomic E-state index is 12.0. The summed E-state index contributed by atoms with van der Waals surface area (Å²) < 4.78 is 5.23. The molecule has 0 fully saturated rings. The summed E-state index contributed by atoms with van der Waals surface area (Å²) in [5.74, 6) is 0.463. The Labute approximate surface area is 128 Å². The minimum absolute atomic E-state index is 0.253. The summed E-state index contributed by atoms with van der Waals surface area (Å²) in [6.07, 6.45) is 1.49. The molecule has 0 aliphatic rings. The number of nitrogens with one attached hydrogen (secondary N) is 1. The summed E-state index contributed by atoms with van der Waals surface area (Å²) in [4.78, 5) is 16.3. The molecule has 0 saturated carbocycles. The molecule has 0 bridgehead atoms. The van der Waals surface area contributed by atoms with Crippen molar-refractivity contribution in [2.24, 2.45) is 5.73 Å². The molecule has 2 aromatic rings. The number of hydrogen-bond acceptors (Lipinski definition) is 4. The van der Waals surface area contributed by atoms with E-state index in [0.29, 0.717) is 17.8 Å². The van der Waals surface area contributed by atoms with Crippen molar-refractivity contribution >= 4 is 23.1 Å². The van der Waals surface area contributed by atoms with Gasteiger partial charge in [0.15, 0.2) is 0 Å². The number of hydrogen-bond donors (Lipinski definition) is 2. The lowest BCUT2D eigenvalue weighted by Crippen LogP contribution is -2.24. The van der Waals surface area contributed by atoms with Crippen molar-refractivity contribution in [2.45, 2.75) is 6.54 Å². The van der Waals surface area contributed by atoms with Crippen molar-refractivity contribution in [3.8, 4) is 5.75 Å². The van der Waals surface area contributed by atoms with Crippen molar-refractivity contribution < 1.29 is 9.53 Å². The summed E-state index contributed by atoms with van der Waals surface area (Å²) in [5.41, 5.74) is 7.32. The van der Waals surface area contributed by atoms with Gasteiger partial charge in [0.1, 0.15) is 16.4 Å². The van der Waals surface area contributed by atoms with Gasteiger partial charge >= 0.3 is 0 Å². The fourth-order valence-electron chi connectivity index (χ4n) is 1.79. The predicted molar refractivity (Wildman–Crippen MR) is 84.3 cm³/mol. The Morgan fingerprint density at radius 2 is 2.10 bits per heavy atom. The van der Waals surface area contributed by atoms with Gasteiger partial charge in [-0.25, -0.2) is 0 Å². The molecular formula is C15H15N3O2S. The fourth-order valence-corrected chi connectivity index (χ4v) is 1.91. The molecule has 0 unspecified atom stereocenters. The lowest BCUT2D eigenvalue weighted by molar-refractivity contribution is 0.0945. The van der Waals surface area contributed by atoms with E-state index in [2.05, 4.69) is 10.3 Å². The van der Waals surface area contributed by atoms with Crippen LogP contribution < -0.4 is 15.8 Å². The molecule has 5 nitrogen and oxygen atoms in total. The van der Waals surface area contributed by atoms with Gasteiger partial charge in [0, 0.05) is 23.9 Å². The van der Waals surface area contributed by atoms with Crippen LogP contribution in [0.3, 0.4) is 0 Å². The zero-order chi connectivity index (χ0) is 15.2. The highest BCUT2D eigenvalue weighted by molar-refractivity contribution is 7.80. The number of carbonyl (C=O) groups excluding carboxylic acids is 1. The Balaban J connectivity index is 2.03. The van der Waals surface area contributed by atoms with Crippen LogP contribution in [-0.2, 0) is 6.54 Å². The van der Waals surface area contributed by atoms with Crippen molar-refractivity contribution in [3.05, 3.63) is 59.4 Å². The third-order valence-corrected chi connectivity index (χ3v) is 3.15. The third kappa shape index (κ3) is 3.76. The van der Waals surface area contributed by atoms with E-state index >= 15 is 0 Å². The van der Waals surface area contributed by atoms with Gasteiger partial charge in [-0.15, -0.1) is 0 Å². The van der Waals surface area contributed by atoms with E-state index in [1.165, 1.54) is 6.20 Å². The molecule has 6 heteroatoms. The Kier molecular flexibility index (Phi) is 4.84. The van der Waals surface area contributed by atoms with Crippen LogP contribution in [0.25, 0.3) is 0 Å². The third-order valence-electron chi connectivity index (χ3n) is 2.91. The van der Waals surface area contributed by atoms with E-state index in [-0.39, 0.29) is 10.9 Å². The first-order valence-electron chi connectivity index (χ1n) is 6.27. The average Bonchev–Trinajstić information content (AvgIpc) is 2.52. The standard InChI is InChI=1S/C15H15N3O2S/c1-20-13-5-3-2-4-10(13)8-18-15(19)12-7-6-11(9-17-12)14(16)21/h2-7,9H,8H2,1H3,(H2,16,21)(H,18,19). The number of carbonyl (C=O) groups is 1. The van der Waals surface area contributed by atoms with Crippen LogP contribution in [0.15, 0.2) is 42.6 Å². The topological polar surface area (TPSA) is 77.2 Å². The molecule has 0 spiro atoms. The molecule has 0 radical (unpaired) electrons. The molecule has 2 rings (SSSR count). The molecule has 1 amide bonds. The second-order valence-corrected chi connectivity index (χ2v) is 4.73. The number of thiocarbonyl (C=S) groups is 1. The Bertz CT molecular complexity index is 656. The van der Waals surface area contributed by atoms with Gasteiger partial charge in [-0.05, 0) is 18.2 Å². The van der Waals surface area contributed by atoms with Gasteiger partial charge in [0.2, 0.25) is 0 Å². The Morgan fingerprint density at radius 1 is 1.33 bits per heavy atom. The Hall–Kier alpha value is -2.47. The highest BCUT2D eigenvalue weighted by Crippen LogP contribution is 2.16. The van der Waals surface area contributed by atoms with Gasteiger partial charge in [0.25, 0.3) is 5.91 Å². The van der Waals surface area contributed by atoms with Crippen molar-refractivity contribution in [3.63, 3.8) is 0 Å². The van der Waals surface area contributed by atoms with Crippen LogP contribution in [-0.4, -0.2) is 23.0 Å². The van der Waals surface area contributed by atoms with Gasteiger partial charge in [-0.3, -0.25) is 9.78 Å². The summed E-state index contributed by atoms with van der Waals surface area (Å²) in [6, 6.07) is 10.8. The smallest absolute Gasteiger partial charge is 0.270 e. The molecule has 0 aliphatic carbocycles. The largest absolute Gasteiger partial charge is 0.496 e. The fraction of sp³-hybridized carbons (Fsp3) is 0.133. The molecule has 1 aromatic heterocycles. The molecule has 0 atom stereocenters. The minimum atomic E-state index is -0.268. The second kappa shape index (κ2) is 6.81. The van der Waals surface area contributed by atoms with Crippen LogP contribution in [0.1, 0.15) is 21.6 Å². The first-order chi connectivity index (χ1) is 10.1. The predicted octanol–water partition coefficient (Wildman–Crippen LogP) is 1.65. The second-order valence-electron chi connectivity index (χ2n) is 4.29. The molecule has 108 valence electrons. The number of rotatable bonds is 5. The van der Waals surface area contributed by atoms with Crippen molar-refractivity contribution in [2.75, 3.05) is 7.11 Å². The van der Waals surface area contributed by atoms with Gasteiger partial charge in [-0.2, -0.15) is 0 Å². The van der Waals surface area contributed by atoms with E-state index in [1.807, 2.05) is 24.3 Å². The first-order valence-corrected chi connectivity index (χ1v) is 6.68. The molecule has 21 heavy (non-hydrogen) atoms. The zero-order valence-electron chi connectivity index (χ0n) is 11.5. The number of nitrogens with zero attached hydrogens (tertiary/aromatic N) is 1. The van der Waals surface area contributed by atoms with E-state index in [9.17, 15) is 4.79 Å². The number of nitrogens with two attached hydrogens (primary N) is 1. The van der Waals surface area contributed by atoms with Crippen molar-refractivity contribution in [1.29, 1.82) is 0 Å². The number of aromatic nitrogens is 1. The maximum atomic E-state index is 12.0. The lowest BCUT2D eigenvalue weighted by atomic mass is 10.2. The van der Waals surface area contributed by atoms with Crippen LogP contribution in [0.5, 0.6) is 5.75 Å². The SMILES string of the molecule is COc1ccccc1CNC(=O)c1ccc(C(N)=S)cn1. The highest BCUT2D eigenvalue weighted by atomic mass is 32.1. The quantitative estimate of drug-likeness (QED) is 0.821. The van der Waals surface area contributed by atoms with Crippen LogP contribution in [0, 0.1) is 0 Å². The molecule has 3 N–H and O–H groups in total. The zero-order valence-corrected chi connectivity index (χ0v) is 12.3. The minimum Gasteiger partial charge on any atom is -0.496 e. The van der Waals surface area contributed by atoms with Gasteiger partial charge in [-0.1, -0.05) is 30.4 Å². The molecule has 1 heterocycles. The number of ether oxygens (including phenoxy) is 1. The monoisotopic (exact) mass is 301 g/mol. The van der Waals surface area contributed by atoms with Gasteiger partial charge < -0.3 is 15.8 Å².